The predicted octanol–water partition coefficient (Wildman–Crippen LogP) is 1.92. The topological polar surface area (TPSA) is 74.2 Å². The first kappa shape index (κ1) is 15.9. The number of benzene rings is 1. The Bertz CT molecular complexity index is 594. The van der Waals surface area contributed by atoms with Crippen LogP contribution in [0.15, 0.2) is 24.3 Å². The van der Waals surface area contributed by atoms with Gasteiger partial charge in [-0.25, -0.2) is 0 Å². The van der Waals surface area contributed by atoms with E-state index < -0.39 is 5.60 Å². The number of hydrogen-bond acceptors (Lipinski definition) is 5. The van der Waals surface area contributed by atoms with Crippen molar-refractivity contribution in [1.29, 1.82) is 5.26 Å². The summed E-state index contributed by atoms with van der Waals surface area (Å²) < 4.78 is 5.36. The first-order valence-corrected chi connectivity index (χ1v) is 7.19. The molecule has 21 heavy (non-hydrogen) atoms. The Morgan fingerprint density at radius 1 is 1.57 bits per heavy atom. The fraction of sp³-hybridized carbons (Fsp3) is 0.357. The molecule has 0 saturated carbocycles. The molecule has 1 atom stereocenters. The Hall–Kier alpha value is -1.52. The number of nitrogens with one attached hydrogen (secondary N) is 2. The number of carbonyl (C=O) groups excluding carboxylic acids is 1. The monoisotopic (exact) mass is 323 g/mol. The molecule has 110 valence electrons. The lowest BCUT2D eigenvalue weighted by Gasteiger charge is -2.30. The van der Waals surface area contributed by atoms with Gasteiger partial charge in [0.15, 0.2) is 5.78 Å². The van der Waals surface area contributed by atoms with Gasteiger partial charge < -0.3 is 15.4 Å². The molecule has 1 aromatic carbocycles. The standard InChI is InChI=1S/C14H14ClN3O2S/c15-10-3-1-2-4-11(10)18-13(21)7-12(19)14(8-16)9-17-5-6-20-14/h1-4,17H,5-7,9H2,(H,18,21). The summed E-state index contributed by atoms with van der Waals surface area (Å²) in [5.74, 6) is -0.359. The SMILES string of the molecule is N#CC1(C(=O)CC(=S)Nc2ccccc2Cl)CNCCO1. The number of halogens is 1. The fourth-order valence-electron chi connectivity index (χ4n) is 1.97. The second kappa shape index (κ2) is 6.96. The van der Waals surface area contributed by atoms with Crippen molar-refractivity contribution in [3.63, 3.8) is 0 Å². The van der Waals surface area contributed by atoms with Crippen LogP contribution in [-0.2, 0) is 9.53 Å². The van der Waals surface area contributed by atoms with Gasteiger partial charge in [-0.3, -0.25) is 4.79 Å². The zero-order valence-electron chi connectivity index (χ0n) is 11.2. The van der Waals surface area contributed by atoms with Crippen molar-refractivity contribution in [1.82, 2.24) is 5.32 Å². The van der Waals surface area contributed by atoms with Gasteiger partial charge in [-0.15, -0.1) is 0 Å². The number of ketones is 1. The minimum atomic E-state index is -1.45. The van der Waals surface area contributed by atoms with E-state index in [0.717, 1.165) is 0 Å². The van der Waals surface area contributed by atoms with Gasteiger partial charge in [-0.05, 0) is 12.1 Å². The quantitative estimate of drug-likeness (QED) is 0.825. The molecule has 7 heteroatoms. The molecule has 0 radical (unpaired) electrons. The van der Waals surface area contributed by atoms with E-state index in [2.05, 4.69) is 10.6 Å². The number of ether oxygens (including phenoxy) is 1. The summed E-state index contributed by atoms with van der Waals surface area (Å²) in [6.45, 7) is 1.13. The largest absolute Gasteiger partial charge is 0.351 e. The smallest absolute Gasteiger partial charge is 0.225 e. The van der Waals surface area contributed by atoms with Crippen LogP contribution in [0.4, 0.5) is 5.69 Å². The van der Waals surface area contributed by atoms with Crippen LogP contribution in [0, 0.1) is 11.3 Å². The Balaban J connectivity index is 2.01. The summed E-state index contributed by atoms with van der Waals surface area (Å²) >= 11 is 11.2. The van der Waals surface area contributed by atoms with Gasteiger partial charge in [-0.1, -0.05) is 36.0 Å². The molecule has 0 aliphatic carbocycles. The van der Waals surface area contributed by atoms with E-state index in [1.165, 1.54) is 0 Å². The van der Waals surface area contributed by atoms with Crippen LogP contribution in [0.3, 0.4) is 0 Å². The van der Waals surface area contributed by atoms with Crippen LogP contribution in [0.5, 0.6) is 0 Å². The van der Waals surface area contributed by atoms with Crippen molar-refractivity contribution in [2.75, 3.05) is 25.0 Å². The molecule has 1 aliphatic rings. The summed E-state index contributed by atoms with van der Waals surface area (Å²) in [7, 11) is 0. The number of anilines is 1. The molecule has 1 fully saturated rings. The highest BCUT2D eigenvalue weighted by molar-refractivity contribution is 7.80. The second-order valence-corrected chi connectivity index (χ2v) is 5.49. The number of rotatable bonds is 4. The minimum Gasteiger partial charge on any atom is -0.351 e. The number of Topliss-reactive ketones (excluding diaryl/α,β-unsaturated/α-hetero) is 1. The summed E-state index contributed by atoms with van der Waals surface area (Å²) in [5, 5.41) is 15.7. The molecule has 0 spiro atoms. The number of hydrogen-bond donors (Lipinski definition) is 2. The zero-order valence-corrected chi connectivity index (χ0v) is 12.8. The first-order chi connectivity index (χ1) is 10.1. The van der Waals surface area contributed by atoms with Gasteiger partial charge in [0.05, 0.1) is 28.7 Å². The van der Waals surface area contributed by atoms with Crippen molar-refractivity contribution in [3.05, 3.63) is 29.3 Å². The maximum Gasteiger partial charge on any atom is 0.225 e. The Kier molecular flexibility index (Phi) is 5.26. The van der Waals surface area contributed by atoms with Crippen LogP contribution in [0.25, 0.3) is 0 Å². The third-order valence-corrected chi connectivity index (χ3v) is 3.68. The molecular formula is C14H14ClN3O2S. The van der Waals surface area contributed by atoms with Gasteiger partial charge >= 0.3 is 0 Å². The van der Waals surface area contributed by atoms with Gasteiger partial charge in [0.25, 0.3) is 0 Å². The molecule has 1 saturated heterocycles. The van der Waals surface area contributed by atoms with Crippen molar-refractivity contribution >= 4 is 40.3 Å². The molecule has 0 bridgehead atoms. The van der Waals surface area contributed by atoms with Crippen LogP contribution in [0.2, 0.25) is 5.02 Å². The molecule has 1 aliphatic heterocycles. The average Bonchev–Trinajstić information content (AvgIpc) is 2.50. The molecule has 1 unspecified atom stereocenters. The maximum absolute atomic E-state index is 12.3. The van der Waals surface area contributed by atoms with E-state index >= 15 is 0 Å². The number of para-hydroxylation sites is 1. The van der Waals surface area contributed by atoms with E-state index in [1.807, 2.05) is 12.1 Å². The number of nitrogens with zero attached hydrogens (tertiary/aromatic N) is 1. The van der Waals surface area contributed by atoms with Crippen molar-refractivity contribution in [3.8, 4) is 6.07 Å². The molecular weight excluding hydrogens is 310 g/mol. The highest BCUT2D eigenvalue weighted by Crippen LogP contribution is 2.22. The lowest BCUT2D eigenvalue weighted by atomic mass is 9.96. The summed E-state index contributed by atoms with van der Waals surface area (Å²) in [5.41, 5.74) is -0.824. The molecule has 1 heterocycles. The normalized spacial score (nSPS) is 21.3. The van der Waals surface area contributed by atoms with E-state index in [0.29, 0.717) is 28.9 Å². The Labute approximate surface area is 133 Å². The highest BCUT2D eigenvalue weighted by atomic mass is 35.5. The van der Waals surface area contributed by atoms with Crippen molar-refractivity contribution in [2.45, 2.75) is 12.0 Å². The van der Waals surface area contributed by atoms with E-state index in [4.69, 9.17) is 28.6 Å². The van der Waals surface area contributed by atoms with Gasteiger partial charge in [0.2, 0.25) is 5.60 Å². The second-order valence-electron chi connectivity index (χ2n) is 4.59. The third kappa shape index (κ3) is 3.77. The summed E-state index contributed by atoms with van der Waals surface area (Å²) in [4.78, 5) is 12.6. The number of thiocarbonyl (C=S) groups is 1. The summed E-state index contributed by atoms with van der Waals surface area (Å²) in [6.07, 6.45) is -0.0736. The van der Waals surface area contributed by atoms with Crippen LogP contribution in [0.1, 0.15) is 6.42 Å². The molecule has 5 nitrogen and oxygen atoms in total. The summed E-state index contributed by atoms with van der Waals surface area (Å²) in [6, 6.07) is 9.04. The molecule has 2 rings (SSSR count). The van der Waals surface area contributed by atoms with Gasteiger partial charge in [-0.2, -0.15) is 5.26 Å². The lowest BCUT2D eigenvalue weighted by molar-refractivity contribution is -0.138. The maximum atomic E-state index is 12.3. The van der Waals surface area contributed by atoms with Crippen LogP contribution >= 0.6 is 23.8 Å². The van der Waals surface area contributed by atoms with Gasteiger partial charge in [0, 0.05) is 13.1 Å². The highest BCUT2D eigenvalue weighted by Gasteiger charge is 2.41. The number of nitriles is 1. The fourth-order valence-corrected chi connectivity index (χ4v) is 2.40. The molecule has 0 amide bonds. The van der Waals surface area contributed by atoms with Crippen LogP contribution in [-0.4, -0.2) is 36.1 Å². The van der Waals surface area contributed by atoms with Crippen LogP contribution < -0.4 is 10.6 Å². The van der Waals surface area contributed by atoms with E-state index in [1.54, 1.807) is 18.2 Å². The zero-order chi connectivity index (χ0) is 15.3. The lowest BCUT2D eigenvalue weighted by Crippen LogP contribution is -2.54. The third-order valence-electron chi connectivity index (χ3n) is 3.10. The first-order valence-electron chi connectivity index (χ1n) is 6.41. The van der Waals surface area contributed by atoms with E-state index in [-0.39, 0.29) is 18.7 Å². The average molecular weight is 324 g/mol. The predicted molar refractivity (Wildman–Crippen MR) is 84.5 cm³/mol. The van der Waals surface area contributed by atoms with Gasteiger partial charge in [0.1, 0.15) is 6.07 Å². The number of morpholine rings is 1. The Morgan fingerprint density at radius 2 is 2.33 bits per heavy atom. The molecule has 0 aromatic heterocycles. The van der Waals surface area contributed by atoms with E-state index in [9.17, 15) is 10.1 Å². The van der Waals surface area contributed by atoms with Crippen molar-refractivity contribution in [2.24, 2.45) is 0 Å². The molecule has 1 aromatic rings. The minimum absolute atomic E-state index is 0.0736. The molecule has 2 N–H and O–H groups in total. The Morgan fingerprint density at radius 3 is 2.95 bits per heavy atom. The van der Waals surface area contributed by atoms with Crippen molar-refractivity contribution < 1.29 is 9.53 Å². The number of carbonyl (C=O) groups is 1.